The van der Waals surface area contributed by atoms with Crippen molar-refractivity contribution < 1.29 is 14.3 Å². The molecule has 0 saturated carbocycles. The highest BCUT2D eigenvalue weighted by Gasteiger charge is 2.20. The number of rotatable bonds is 6. The molecule has 2 amide bonds. The molecule has 1 N–H and O–H groups in total. The molecule has 1 heterocycles. The van der Waals surface area contributed by atoms with E-state index in [1.807, 2.05) is 36.1 Å². The minimum absolute atomic E-state index is 0.0523. The molecule has 1 aliphatic rings. The quantitative estimate of drug-likeness (QED) is 0.805. The summed E-state index contributed by atoms with van der Waals surface area (Å²) < 4.78 is 5.37. The van der Waals surface area contributed by atoms with Gasteiger partial charge in [0.05, 0.1) is 13.2 Å². The highest BCUT2D eigenvalue weighted by molar-refractivity contribution is 5.92. The first-order chi connectivity index (χ1) is 11.1. The Morgan fingerprint density at radius 1 is 1.22 bits per heavy atom. The highest BCUT2D eigenvalue weighted by atomic mass is 16.5. The van der Waals surface area contributed by atoms with E-state index in [-0.39, 0.29) is 11.8 Å². The number of hydrogen-bond donors (Lipinski definition) is 1. The molecule has 1 aromatic carbocycles. The first-order valence-corrected chi connectivity index (χ1v) is 7.78. The van der Waals surface area contributed by atoms with Crippen LogP contribution < -0.4 is 10.1 Å². The number of nitrogens with one attached hydrogen (secondary N) is 1. The minimum atomic E-state index is -0.0577. The zero-order valence-corrected chi connectivity index (χ0v) is 13.5. The molecule has 0 radical (unpaired) electrons. The Morgan fingerprint density at radius 3 is 2.43 bits per heavy atom. The van der Waals surface area contributed by atoms with Crippen molar-refractivity contribution in [2.45, 2.75) is 6.92 Å². The summed E-state index contributed by atoms with van der Waals surface area (Å²) in [6, 6.07) is 7.31. The fourth-order valence-corrected chi connectivity index (χ4v) is 2.46. The molecule has 6 nitrogen and oxygen atoms in total. The van der Waals surface area contributed by atoms with Crippen LogP contribution in [0, 0.1) is 0 Å². The normalized spacial score (nSPS) is 15.1. The molecule has 1 aliphatic heterocycles. The summed E-state index contributed by atoms with van der Waals surface area (Å²) in [5.74, 6) is 0.676. The van der Waals surface area contributed by atoms with E-state index in [4.69, 9.17) is 4.74 Å². The largest absolute Gasteiger partial charge is 0.494 e. The van der Waals surface area contributed by atoms with E-state index >= 15 is 0 Å². The second kappa shape index (κ2) is 8.33. The lowest BCUT2D eigenvalue weighted by molar-refractivity contribution is -0.128. The third-order valence-corrected chi connectivity index (χ3v) is 3.67. The second-order valence-corrected chi connectivity index (χ2v) is 5.31. The molecular formula is C17H23N3O3. The summed E-state index contributed by atoms with van der Waals surface area (Å²) >= 11 is 0. The Balaban J connectivity index is 1.77. The smallest absolute Gasteiger partial charge is 0.246 e. The van der Waals surface area contributed by atoms with E-state index in [0.717, 1.165) is 11.4 Å². The number of carbonyl (C=O) groups excluding carboxylic acids is 2. The summed E-state index contributed by atoms with van der Waals surface area (Å²) in [5.41, 5.74) is 0.749. The molecule has 2 rings (SSSR count). The highest BCUT2D eigenvalue weighted by Crippen LogP contribution is 2.15. The van der Waals surface area contributed by atoms with Crippen LogP contribution in [0.15, 0.2) is 36.9 Å². The predicted molar refractivity (Wildman–Crippen MR) is 89.5 cm³/mol. The molecule has 23 heavy (non-hydrogen) atoms. The van der Waals surface area contributed by atoms with E-state index in [2.05, 4.69) is 11.9 Å². The Hall–Kier alpha value is -2.34. The van der Waals surface area contributed by atoms with Crippen LogP contribution in [0.2, 0.25) is 0 Å². The van der Waals surface area contributed by atoms with Crippen molar-refractivity contribution in [1.29, 1.82) is 0 Å². The Bertz CT molecular complexity index is 549. The Morgan fingerprint density at radius 2 is 1.87 bits per heavy atom. The van der Waals surface area contributed by atoms with Crippen molar-refractivity contribution in [2.24, 2.45) is 0 Å². The molecule has 1 saturated heterocycles. The van der Waals surface area contributed by atoms with Crippen LogP contribution in [0.1, 0.15) is 6.92 Å². The zero-order valence-electron chi connectivity index (χ0n) is 13.5. The van der Waals surface area contributed by atoms with Crippen molar-refractivity contribution in [3.8, 4) is 5.75 Å². The summed E-state index contributed by atoms with van der Waals surface area (Å²) in [5, 5.41) is 2.87. The maximum Gasteiger partial charge on any atom is 0.246 e. The van der Waals surface area contributed by atoms with Gasteiger partial charge in [-0.15, -0.1) is 0 Å². The van der Waals surface area contributed by atoms with Gasteiger partial charge in [-0.1, -0.05) is 6.58 Å². The number of piperazine rings is 1. The van der Waals surface area contributed by atoms with Gasteiger partial charge in [0.1, 0.15) is 5.75 Å². The topological polar surface area (TPSA) is 61.9 Å². The van der Waals surface area contributed by atoms with Crippen LogP contribution in [0.25, 0.3) is 0 Å². The standard InChI is InChI=1S/C17H23N3O3/c1-3-17(22)20-11-9-19(10-12-20)13-16(21)18-14-5-7-15(8-6-14)23-4-2/h3,5-8H,1,4,9-13H2,2H3,(H,18,21). The maximum atomic E-state index is 12.1. The molecule has 0 aromatic heterocycles. The first kappa shape index (κ1) is 17.0. The van der Waals surface area contributed by atoms with Gasteiger partial charge in [0.15, 0.2) is 0 Å². The molecule has 1 aromatic rings. The number of nitrogens with zero attached hydrogens (tertiary/aromatic N) is 2. The molecule has 124 valence electrons. The zero-order chi connectivity index (χ0) is 16.7. The van der Waals surface area contributed by atoms with Gasteiger partial charge in [0, 0.05) is 31.9 Å². The van der Waals surface area contributed by atoms with Gasteiger partial charge < -0.3 is 15.0 Å². The average molecular weight is 317 g/mol. The molecular weight excluding hydrogens is 294 g/mol. The number of amides is 2. The summed E-state index contributed by atoms with van der Waals surface area (Å²) in [4.78, 5) is 27.4. The van der Waals surface area contributed by atoms with Crippen molar-refractivity contribution in [3.63, 3.8) is 0 Å². The van der Waals surface area contributed by atoms with E-state index < -0.39 is 0 Å². The van der Waals surface area contributed by atoms with Crippen molar-refractivity contribution in [1.82, 2.24) is 9.80 Å². The fourth-order valence-electron chi connectivity index (χ4n) is 2.46. The molecule has 0 unspecified atom stereocenters. The van der Waals surface area contributed by atoms with Crippen LogP contribution in [0.4, 0.5) is 5.69 Å². The summed E-state index contributed by atoms with van der Waals surface area (Å²) in [6.07, 6.45) is 1.33. The van der Waals surface area contributed by atoms with Crippen LogP contribution in [0.3, 0.4) is 0 Å². The number of carbonyl (C=O) groups is 2. The van der Waals surface area contributed by atoms with Gasteiger partial charge in [0.25, 0.3) is 0 Å². The van der Waals surface area contributed by atoms with Crippen LogP contribution in [0.5, 0.6) is 5.75 Å². The average Bonchev–Trinajstić information content (AvgIpc) is 2.57. The lowest BCUT2D eigenvalue weighted by Gasteiger charge is -2.33. The van der Waals surface area contributed by atoms with E-state index in [9.17, 15) is 9.59 Å². The molecule has 6 heteroatoms. The van der Waals surface area contributed by atoms with Gasteiger partial charge in [-0.25, -0.2) is 0 Å². The molecule has 0 spiro atoms. The number of benzene rings is 1. The summed E-state index contributed by atoms with van der Waals surface area (Å²) in [6.45, 7) is 8.99. The van der Waals surface area contributed by atoms with Crippen LogP contribution >= 0.6 is 0 Å². The third kappa shape index (κ3) is 5.10. The van der Waals surface area contributed by atoms with Gasteiger partial charge in [-0.05, 0) is 37.3 Å². The second-order valence-electron chi connectivity index (χ2n) is 5.31. The SMILES string of the molecule is C=CC(=O)N1CCN(CC(=O)Nc2ccc(OCC)cc2)CC1. The molecule has 0 aliphatic carbocycles. The lowest BCUT2D eigenvalue weighted by Crippen LogP contribution is -2.50. The molecule has 1 fully saturated rings. The van der Waals surface area contributed by atoms with Crippen molar-refractivity contribution >= 4 is 17.5 Å². The Kier molecular flexibility index (Phi) is 6.17. The third-order valence-electron chi connectivity index (χ3n) is 3.67. The number of hydrogen-bond acceptors (Lipinski definition) is 4. The van der Waals surface area contributed by atoms with E-state index in [1.165, 1.54) is 6.08 Å². The lowest BCUT2D eigenvalue weighted by atomic mass is 10.3. The van der Waals surface area contributed by atoms with Crippen LogP contribution in [-0.4, -0.2) is 60.9 Å². The molecule has 0 atom stereocenters. The summed E-state index contributed by atoms with van der Waals surface area (Å²) in [7, 11) is 0. The van der Waals surface area contributed by atoms with Gasteiger partial charge in [-0.2, -0.15) is 0 Å². The van der Waals surface area contributed by atoms with Gasteiger partial charge in [0.2, 0.25) is 11.8 Å². The molecule has 0 bridgehead atoms. The van der Waals surface area contributed by atoms with Crippen molar-refractivity contribution in [2.75, 3.05) is 44.6 Å². The van der Waals surface area contributed by atoms with Crippen molar-refractivity contribution in [3.05, 3.63) is 36.9 Å². The van der Waals surface area contributed by atoms with Gasteiger partial charge >= 0.3 is 0 Å². The predicted octanol–water partition coefficient (Wildman–Crippen LogP) is 1.35. The number of anilines is 1. The first-order valence-electron chi connectivity index (χ1n) is 7.78. The Labute approximate surface area is 136 Å². The number of ether oxygens (including phenoxy) is 1. The fraction of sp³-hybridized carbons (Fsp3) is 0.412. The minimum Gasteiger partial charge on any atom is -0.494 e. The maximum absolute atomic E-state index is 12.1. The van der Waals surface area contributed by atoms with E-state index in [1.54, 1.807) is 4.90 Å². The van der Waals surface area contributed by atoms with Crippen LogP contribution in [-0.2, 0) is 9.59 Å². The monoisotopic (exact) mass is 317 g/mol. The van der Waals surface area contributed by atoms with E-state index in [0.29, 0.717) is 39.3 Å². The van der Waals surface area contributed by atoms with Gasteiger partial charge in [-0.3, -0.25) is 14.5 Å².